The van der Waals surface area contributed by atoms with Gasteiger partial charge in [-0.05, 0) is 36.4 Å². The Morgan fingerprint density at radius 1 is 1.05 bits per heavy atom. The molecule has 0 saturated heterocycles. The molecular formula is C14H10Cl2N2O. The molecule has 0 atom stereocenters. The summed E-state index contributed by atoms with van der Waals surface area (Å²) in [7, 11) is 1.89. The molecule has 3 nitrogen and oxygen atoms in total. The molecule has 19 heavy (non-hydrogen) atoms. The highest BCUT2D eigenvalue weighted by Gasteiger charge is 2.13. The molecule has 0 fully saturated rings. The van der Waals surface area contributed by atoms with E-state index < -0.39 is 0 Å². The lowest BCUT2D eigenvalue weighted by molar-refractivity contribution is 0.476. The van der Waals surface area contributed by atoms with Gasteiger partial charge < -0.3 is 9.67 Å². The molecule has 0 aliphatic carbocycles. The first kappa shape index (κ1) is 12.3. The Kier molecular flexibility index (Phi) is 2.88. The summed E-state index contributed by atoms with van der Waals surface area (Å²) in [4.78, 5) is 4.51. The smallest absolute Gasteiger partial charge is 0.144 e. The van der Waals surface area contributed by atoms with Crippen molar-refractivity contribution in [3.8, 4) is 17.1 Å². The zero-order valence-corrected chi connectivity index (χ0v) is 11.6. The molecule has 0 aliphatic heterocycles. The van der Waals surface area contributed by atoms with Gasteiger partial charge in [0.05, 0.1) is 16.6 Å². The van der Waals surface area contributed by atoms with Gasteiger partial charge in [0.15, 0.2) is 0 Å². The highest BCUT2D eigenvalue weighted by atomic mass is 35.5. The molecule has 0 spiro atoms. The summed E-state index contributed by atoms with van der Waals surface area (Å²) in [6.07, 6.45) is 0. The Morgan fingerprint density at radius 2 is 1.74 bits per heavy atom. The second-order valence-electron chi connectivity index (χ2n) is 4.29. The fourth-order valence-electron chi connectivity index (χ4n) is 2.10. The minimum atomic E-state index is 0.147. The van der Waals surface area contributed by atoms with Crippen LogP contribution in [-0.4, -0.2) is 14.7 Å². The van der Waals surface area contributed by atoms with Gasteiger partial charge in [0.2, 0.25) is 0 Å². The second kappa shape index (κ2) is 4.44. The lowest BCUT2D eigenvalue weighted by Crippen LogP contribution is -1.92. The van der Waals surface area contributed by atoms with Crippen molar-refractivity contribution in [2.75, 3.05) is 0 Å². The van der Waals surface area contributed by atoms with Crippen molar-refractivity contribution >= 4 is 34.2 Å². The third-order valence-electron chi connectivity index (χ3n) is 3.04. The van der Waals surface area contributed by atoms with Gasteiger partial charge in [0.25, 0.3) is 0 Å². The fourth-order valence-corrected chi connectivity index (χ4v) is 2.44. The minimum Gasteiger partial charge on any atom is -0.507 e. The first-order valence-electron chi connectivity index (χ1n) is 5.67. The SMILES string of the molecule is Cn1c(-c2cc(Cl)ccc2O)nc2cc(Cl)ccc21. The molecule has 0 amide bonds. The van der Waals surface area contributed by atoms with Crippen molar-refractivity contribution in [2.45, 2.75) is 0 Å². The second-order valence-corrected chi connectivity index (χ2v) is 5.16. The van der Waals surface area contributed by atoms with E-state index in [0.717, 1.165) is 11.0 Å². The molecule has 0 unspecified atom stereocenters. The summed E-state index contributed by atoms with van der Waals surface area (Å²) in [6, 6.07) is 10.4. The van der Waals surface area contributed by atoms with Gasteiger partial charge in [-0.2, -0.15) is 0 Å². The molecule has 0 aliphatic rings. The van der Waals surface area contributed by atoms with Crippen LogP contribution in [0.15, 0.2) is 36.4 Å². The van der Waals surface area contributed by atoms with Crippen LogP contribution < -0.4 is 0 Å². The average molecular weight is 293 g/mol. The zero-order valence-electron chi connectivity index (χ0n) is 10.1. The third-order valence-corrected chi connectivity index (χ3v) is 3.51. The van der Waals surface area contributed by atoms with E-state index in [1.807, 2.05) is 23.7 Å². The van der Waals surface area contributed by atoms with E-state index in [9.17, 15) is 5.11 Å². The Balaban J connectivity index is 2.30. The maximum atomic E-state index is 9.95. The van der Waals surface area contributed by atoms with E-state index in [-0.39, 0.29) is 5.75 Å². The number of fused-ring (bicyclic) bond motifs is 1. The first-order chi connectivity index (χ1) is 9.06. The number of phenols is 1. The summed E-state index contributed by atoms with van der Waals surface area (Å²) < 4.78 is 1.90. The normalized spacial score (nSPS) is 11.1. The molecule has 3 aromatic rings. The number of rotatable bonds is 1. The van der Waals surface area contributed by atoms with E-state index in [1.54, 1.807) is 24.3 Å². The predicted octanol–water partition coefficient (Wildman–Crippen LogP) is 4.25. The van der Waals surface area contributed by atoms with Crippen LogP contribution in [0.2, 0.25) is 10.0 Å². The van der Waals surface area contributed by atoms with Crippen molar-refractivity contribution in [3.05, 3.63) is 46.4 Å². The van der Waals surface area contributed by atoms with Crippen LogP contribution in [-0.2, 0) is 7.05 Å². The predicted molar refractivity (Wildman–Crippen MR) is 77.8 cm³/mol. The van der Waals surface area contributed by atoms with Crippen LogP contribution in [0.4, 0.5) is 0 Å². The molecule has 5 heteroatoms. The molecule has 0 bridgehead atoms. The Bertz CT molecular complexity index is 780. The van der Waals surface area contributed by atoms with Gasteiger partial charge in [-0.3, -0.25) is 0 Å². The lowest BCUT2D eigenvalue weighted by atomic mass is 10.2. The molecular weight excluding hydrogens is 283 g/mol. The Hall–Kier alpha value is -1.71. The van der Waals surface area contributed by atoms with Crippen molar-refractivity contribution in [1.29, 1.82) is 0 Å². The Morgan fingerprint density at radius 3 is 2.53 bits per heavy atom. The molecule has 1 aromatic heterocycles. The molecule has 1 N–H and O–H groups in total. The van der Waals surface area contributed by atoms with Crippen molar-refractivity contribution < 1.29 is 5.11 Å². The van der Waals surface area contributed by atoms with Gasteiger partial charge in [-0.25, -0.2) is 4.98 Å². The van der Waals surface area contributed by atoms with Gasteiger partial charge in [0.1, 0.15) is 11.6 Å². The number of imidazole rings is 1. The van der Waals surface area contributed by atoms with E-state index in [1.165, 1.54) is 0 Å². The van der Waals surface area contributed by atoms with Crippen molar-refractivity contribution in [2.24, 2.45) is 7.05 Å². The van der Waals surface area contributed by atoms with Crippen LogP contribution in [0.1, 0.15) is 0 Å². The number of aromatic nitrogens is 2. The van der Waals surface area contributed by atoms with E-state index in [4.69, 9.17) is 23.2 Å². The molecule has 0 radical (unpaired) electrons. The van der Waals surface area contributed by atoms with Gasteiger partial charge >= 0.3 is 0 Å². The van der Waals surface area contributed by atoms with E-state index in [2.05, 4.69) is 4.98 Å². The number of benzene rings is 2. The molecule has 3 rings (SSSR count). The lowest BCUT2D eigenvalue weighted by Gasteiger charge is -2.05. The number of halogens is 2. The molecule has 2 aromatic carbocycles. The topological polar surface area (TPSA) is 38.0 Å². The maximum Gasteiger partial charge on any atom is 0.144 e. The standard InChI is InChI=1S/C14H10Cl2N2O/c1-18-12-4-2-9(16)7-11(12)17-14(18)10-6-8(15)3-5-13(10)19/h2-7,19H,1H3. The quantitative estimate of drug-likeness (QED) is 0.728. The van der Waals surface area contributed by atoms with Crippen LogP contribution >= 0.6 is 23.2 Å². The minimum absolute atomic E-state index is 0.147. The number of aryl methyl sites for hydroxylation is 1. The van der Waals surface area contributed by atoms with Gasteiger partial charge in [-0.15, -0.1) is 0 Å². The zero-order chi connectivity index (χ0) is 13.6. The van der Waals surface area contributed by atoms with Crippen LogP contribution in [0.3, 0.4) is 0 Å². The maximum absolute atomic E-state index is 9.95. The number of aromatic hydroxyl groups is 1. The first-order valence-corrected chi connectivity index (χ1v) is 6.43. The molecule has 96 valence electrons. The summed E-state index contributed by atoms with van der Waals surface area (Å²) in [5.41, 5.74) is 2.32. The highest BCUT2D eigenvalue weighted by Crippen LogP contribution is 2.33. The number of hydrogen-bond acceptors (Lipinski definition) is 2. The Labute approximate surface area is 120 Å². The average Bonchev–Trinajstić information content (AvgIpc) is 2.69. The van der Waals surface area contributed by atoms with E-state index >= 15 is 0 Å². The number of hydrogen-bond donors (Lipinski definition) is 1. The third kappa shape index (κ3) is 2.05. The highest BCUT2D eigenvalue weighted by molar-refractivity contribution is 6.31. The van der Waals surface area contributed by atoms with Gasteiger partial charge in [0, 0.05) is 17.1 Å². The summed E-state index contributed by atoms with van der Waals surface area (Å²) in [6.45, 7) is 0. The number of nitrogens with zero attached hydrogens (tertiary/aromatic N) is 2. The van der Waals surface area contributed by atoms with E-state index in [0.29, 0.717) is 21.4 Å². The monoisotopic (exact) mass is 292 g/mol. The molecule has 0 saturated carbocycles. The summed E-state index contributed by atoms with van der Waals surface area (Å²) in [5, 5.41) is 11.1. The van der Waals surface area contributed by atoms with Crippen LogP contribution in [0.5, 0.6) is 5.75 Å². The largest absolute Gasteiger partial charge is 0.507 e. The summed E-state index contributed by atoms with van der Waals surface area (Å²) in [5.74, 6) is 0.797. The fraction of sp³-hybridized carbons (Fsp3) is 0.0714. The van der Waals surface area contributed by atoms with Crippen LogP contribution in [0, 0.1) is 0 Å². The number of phenolic OH excluding ortho intramolecular Hbond substituents is 1. The summed E-state index contributed by atoms with van der Waals surface area (Å²) >= 11 is 11.9. The van der Waals surface area contributed by atoms with Crippen molar-refractivity contribution in [1.82, 2.24) is 9.55 Å². The van der Waals surface area contributed by atoms with Crippen molar-refractivity contribution in [3.63, 3.8) is 0 Å². The van der Waals surface area contributed by atoms with Crippen LogP contribution in [0.25, 0.3) is 22.4 Å². The molecule has 1 heterocycles. The van der Waals surface area contributed by atoms with Gasteiger partial charge in [-0.1, -0.05) is 23.2 Å².